The predicted molar refractivity (Wildman–Crippen MR) is 82.0 cm³/mol. The van der Waals surface area contributed by atoms with Gasteiger partial charge < -0.3 is 9.88 Å². The molecule has 1 aliphatic heterocycles. The number of rotatable bonds is 3. The average molecular weight is 287 g/mol. The van der Waals surface area contributed by atoms with Crippen molar-refractivity contribution in [1.29, 1.82) is 0 Å². The van der Waals surface area contributed by atoms with Crippen LogP contribution in [0.5, 0.6) is 0 Å². The fraction of sp³-hybridized carbons (Fsp3) is 0.588. The zero-order valence-corrected chi connectivity index (χ0v) is 12.5. The highest BCUT2D eigenvalue weighted by molar-refractivity contribution is 5.76. The first kappa shape index (κ1) is 13.3. The van der Waals surface area contributed by atoms with Crippen LogP contribution in [0, 0.1) is 5.82 Å². The first-order chi connectivity index (χ1) is 10.2. The van der Waals surface area contributed by atoms with E-state index in [2.05, 4.69) is 16.8 Å². The van der Waals surface area contributed by atoms with E-state index < -0.39 is 0 Å². The lowest BCUT2D eigenvalue weighted by Gasteiger charge is -2.36. The molecule has 3 nitrogen and oxygen atoms in total. The monoisotopic (exact) mass is 287 g/mol. The number of piperidine rings is 1. The number of nitrogens with one attached hydrogen (secondary N) is 1. The fourth-order valence-corrected chi connectivity index (χ4v) is 3.78. The third kappa shape index (κ3) is 2.08. The van der Waals surface area contributed by atoms with Gasteiger partial charge in [0.2, 0.25) is 0 Å². The van der Waals surface area contributed by atoms with E-state index in [1.807, 2.05) is 6.07 Å². The normalized spacial score (nSPS) is 21.8. The molecule has 0 amide bonds. The number of hydrogen-bond donors (Lipinski definition) is 1. The maximum atomic E-state index is 13.7. The van der Waals surface area contributed by atoms with Gasteiger partial charge in [-0.1, -0.05) is 6.92 Å². The molecule has 1 N–H and O–H groups in total. The molecule has 21 heavy (non-hydrogen) atoms. The molecular weight excluding hydrogens is 265 g/mol. The summed E-state index contributed by atoms with van der Waals surface area (Å²) in [5, 5.41) is 3.45. The first-order valence-corrected chi connectivity index (χ1v) is 8.12. The molecule has 1 aromatic carbocycles. The van der Waals surface area contributed by atoms with Gasteiger partial charge in [0.15, 0.2) is 0 Å². The second-order valence-corrected chi connectivity index (χ2v) is 6.55. The Morgan fingerprint density at radius 2 is 2.10 bits per heavy atom. The Morgan fingerprint density at radius 3 is 2.76 bits per heavy atom. The molecule has 112 valence electrons. The van der Waals surface area contributed by atoms with Crippen LogP contribution >= 0.6 is 0 Å². The van der Waals surface area contributed by atoms with E-state index in [1.54, 1.807) is 6.07 Å². The van der Waals surface area contributed by atoms with E-state index >= 15 is 0 Å². The van der Waals surface area contributed by atoms with Crippen molar-refractivity contribution in [1.82, 2.24) is 14.9 Å². The number of halogens is 1. The van der Waals surface area contributed by atoms with Crippen molar-refractivity contribution in [2.45, 2.75) is 50.5 Å². The van der Waals surface area contributed by atoms with Crippen LogP contribution in [-0.4, -0.2) is 22.6 Å². The smallest absolute Gasteiger partial charge is 0.125 e. The minimum Gasteiger partial charge on any atom is -0.324 e. The third-order valence-electron chi connectivity index (χ3n) is 5.28. The molecule has 2 aliphatic rings. The topological polar surface area (TPSA) is 29.9 Å². The molecule has 4 rings (SSSR count). The Kier molecular flexibility index (Phi) is 3.03. The second-order valence-electron chi connectivity index (χ2n) is 6.55. The van der Waals surface area contributed by atoms with Crippen LogP contribution < -0.4 is 5.32 Å². The van der Waals surface area contributed by atoms with Gasteiger partial charge in [0.25, 0.3) is 0 Å². The maximum absolute atomic E-state index is 13.7. The number of fused-ring (bicyclic) bond motifs is 1. The Bertz CT molecular complexity index is 666. The molecule has 1 aromatic heterocycles. The van der Waals surface area contributed by atoms with Crippen LogP contribution in [0.1, 0.15) is 50.9 Å². The summed E-state index contributed by atoms with van der Waals surface area (Å²) in [5.74, 6) is 1.04. The van der Waals surface area contributed by atoms with E-state index in [9.17, 15) is 4.39 Å². The zero-order chi connectivity index (χ0) is 14.4. The molecule has 0 unspecified atom stereocenters. The Hall–Kier alpha value is -1.42. The molecule has 2 aromatic rings. The third-order valence-corrected chi connectivity index (χ3v) is 5.28. The summed E-state index contributed by atoms with van der Waals surface area (Å²) in [6.07, 6.45) is 5.76. The molecule has 2 heterocycles. The van der Waals surface area contributed by atoms with Gasteiger partial charge in [-0.05, 0) is 63.4 Å². The van der Waals surface area contributed by atoms with E-state index in [4.69, 9.17) is 4.98 Å². The molecular formula is C17H22FN3. The van der Waals surface area contributed by atoms with Crippen molar-refractivity contribution in [3.8, 4) is 0 Å². The Labute approximate surface area is 124 Å². The van der Waals surface area contributed by atoms with Crippen LogP contribution in [0.25, 0.3) is 11.0 Å². The fourth-order valence-electron chi connectivity index (χ4n) is 3.78. The molecule has 0 bridgehead atoms. The quantitative estimate of drug-likeness (QED) is 0.935. The summed E-state index contributed by atoms with van der Waals surface area (Å²) in [7, 11) is 0. The SMILES string of the molecule is CCC1(c2nc3ccc(F)cc3n2C2CC2)CCNCC1. The van der Waals surface area contributed by atoms with Crippen LogP contribution in [0.3, 0.4) is 0 Å². The van der Waals surface area contributed by atoms with E-state index in [0.717, 1.165) is 43.4 Å². The number of benzene rings is 1. The molecule has 1 saturated carbocycles. The van der Waals surface area contributed by atoms with Gasteiger partial charge in [-0.3, -0.25) is 0 Å². The van der Waals surface area contributed by atoms with Gasteiger partial charge >= 0.3 is 0 Å². The lowest BCUT2D eigenvalue weighted by molar-refractivity contribution is 0.274. The van der Waals surface area contributed by atoms with Crippen molar-refractivity contribution in [3.05, 3.63) is 29.8 Å². The van der Waals surface area contributed by atoms with Crippen molar-refractivity contribution >= 4 is 11.0 Å². The highest BCUT2D eigenvalue weighted by Gasteiger charge is 2.40. The highest BCUT2D eigenvalue weighted by Crippen LogP contribution is 2.45. The van der Waals surface area contributed by atoms with E-state index in [0.29, 0.717) is 6.04 Å². The maximum Gasteiger partial charge on any atom is 0.125 e. The van der Waals surface area contributed by atoms with Gasteiger partial charge in [-0.25, -0.2) is 9.37 Å². The predicted octanol–water partition coefficient (Wildman–Crippen LogP) is 3.54. The molecule has 2 fully saturated rings. The molecule has 0 atom stereocenters. The van der Waals surface area contributed by atoms with Gasteiger partial charge in [0.1, 0.15) is 11.6 Å². The average Bonchev–Trinajstić information content (AvgIpc) is 3.28. The number of hydrogen-bond acceptors (Lipinski definition) is 2. The number of aromatic nitrogens is 2. The van der Waals surface area contributed by atoms with Crippen LogP contribution in [-0.2, 0) is 5.41 Å². The standard InChI is InChI=1S/C17H22FN3/c1-2-17(7-9-19-10-8-17)16-20-14-6-3-12(18)11-15(14)21(16)13-4-5-13/h3,6,11,13,19H,2,4-5,7-10H2,1H3. The summed E-state index contributed by atoms with van der Waals surface area (Å²) < 4.78 is 16.0. The van der Waals surface area contributed by atoms with Gasteiger partial charge in [0, 0.05) is 11.5 Å². The summed E-state index contributed by atoms with van der Waals surface area (Å²) >= 11 is 0. The molecule has 0 spiro atoms. The van der Waals surface area contributed by atoms with Crippen LogP contribution in [0.4, 0.5) is 4.39 Å². The summed E-state index contributed by atoms with van der Waals surface area (Å²) in [5.41, 5.74) is 2.09. The second kappa shape index (κ2) is 4.80. The van der Waals surface area contributed by atoms with Crippen molar-refractivity contribution in [2.24, 2.45) is 0 Å². The molecule has 1 aliphatic carbocycles. The zero-order valence-electron chi connectivity index (χ0n) is 12.5. The first-order valence-electron chi connectivity index (χ1n) is 8.12. The molecule has 4 heteroatoms. The summed E-state index contributed by atoms with van der Waals surface area (Å²) in [6, 6.07) is 5.55. The molecule has 0 radical (unpaired) electrons. The highest BCUT2D eigenvalue weighted by atomic mass is 19.1. The number of nitrogens with zero attached hydrogens (tertiary/aromatic N) is 2. The van der Waals surface area contributed by atoms with Crippen molar-refractivity contribution < 1.29 is 4.39 Å². The van der Waals surface area contributed by atoms with Crippen LogP contribution in [0.2, 0.25) is 0 Å². The Morgan fingerprint density at radius 1 is 1.33 bits per heavy atom. The largest absolute Gasteiger partial charge is 0.324 e. The lowest BCUT2D eigenvalue weighted by atomic mass is 9.76. The van der Waals surface area contributed by atoms with Gasteiger partial charge in [0.05, 0.1) is 11.0 Å². The summed E-state index contributed by atoms with van der Waals surface area (Å²) in [6.45, 7) is 4.37. The molecule has 1 saturated heterocycles. The lowest BCUT2D eigenvalue weighted by Crippen LogP contribution is -2.41. The Balaban J connectivity index is 1.92. The minimum atomic E-state index is -0.160. The van der Waals surface area contributed by atoms with Crippen molar-refractivity contribution in [3.63, 3.8) is 0 Å². The minimum absolute atomic E-state index is 0.156. The van der Waals surface area contributed by atoms with Gasteiger partial charge in [-0.15, -0.1) is 0 Å². The summed E-state index contributed by atoms with van der Waals surface area (Å²) in [4.78, 5) is 4.95. The number of imidazole rings is 1. The van der Waals surface area contributed by atoms with E-state index in [-0.39, 0.29) is 11.2 Å². The van der Waals surface area contributed by atoms with E-state index in [1.165, 1.54) is 24.7 Å². The van der Waals surface area contributed by atoms with Crippen molar-refractivity contribution in [2.75, 3.05) is 13.1 Å². The van der Waals surface area contributed by atoms with Gasteiger partial charge in [-0.2, -0.15) is 0 Å². The van der Waals surface area contributed by atoms with Crippen LogP contribution in [0.15, 0.2) is 18.2 Å².